The summed E-state index contributed by atoms with van der Waals surface area (Å²) >= 11 is 2.03. The van der Waals surface area contributed by atoms with Crippen molar-refractivity contribution in [1.29, 1.82) is 0 Å². The van der Waals surface area contributed by atoms with Gasteiger partial charge in [0.25, 0.3) is 0 Å². The van der Waals surface area contributed by atoms with E-state index in [1.165, 1.54) is 36.3 Å². The zero-order valence-electron chi connectivity index (χ0n) is 20.5. The number of carboxylic acids is 1. The summed E-state index contributed by atoms with van der Waals surface area (Å²) in [5, 5.41) is 19.3. The Hall–Kier alpha value is -1.78. The monoisotopic (exact) mass is 470 g/mol. The fourth-order valence-corrected chi connectivity index (χ4v) is 5.58. The summed E-state index contributed by atoms with van der Waals surface area (Å²) in [6.45, 7) is 4.45. The molecule has 0 bridgehead atoms. The molecule has 0 saturated carbocycles. The summed E-state index contributed by atoms with van der Waals surface area (Å²) in [6.07, 6.45) is 9.12. The second-order valence-corrected chi connectivity index (χ2v) is 11.0. The van der Waals surface area contributed by atoms with Gasteiger partial charge in [-0.05, 0) is 48.3 Å². The molecular weight excluding hydrogens is 428 g/mol. The van der Waals surface area contributed by atoms with Crippen molar-refractivity contribution in [2.45, 2.75) is 82.5 Å². The highest BCUT2D eigenvalue weighted by Gasteiger charge is 2.29. The predicted octanol–water partition coefficient (Wildman–Crippen LogP) is 7.22. The van der Waals surface area contributed by atoms with Crippen LogP contribution in [0.25, 0.3) is 0 Å². The molecule has 0 amide bonds. The van der Waals surface area contributed by atoms with E-state index in [0.29, 0.717) is 0 Å². The van der Waals surface area contributed by atoms with E-state index < -0.39 is 5.97 Å². The second-order valence-electron chi connectivity index (χ2n) is 9.82. The van der Waals surface area contributed by atoms with Crippen molar-refractivity contribution in [3.05, 3.63) is 71.8 Å². The lowest BCUT2D eigenvalue weighted by molar-refractivity contribution is -0.138. The highest BCUT2D eigenvalue weighted by molar-refractivity contribution is 7.99. The van der Waals surface area contributed by atoms with E-state index in [4.69, 9.17) is 0 Å². The molecule has 0 saturated heterocycles. The maximum Gasteiger partial charge on any atom is 0.304 e. The van der Waals surface area contributed by atoms with Crippen LogP contribution in [0.15, 0.2) is 60.7 Å². The van der Waals surface area contributed by atoms with Crippen molar-refractivity contribution in [1.82, 2.24) is 0 Å². The minimum atomic E-state index is -0.722. The summed E-state index contributed by atoms with van der Waals surface area (Å²) in [6, 6.07) is 20.5. The molecule has 0 spiro atoms. The first kappa shape index (κ1) is 27.5. The van der Waals surface area contributed by atoms with Crippen molar-refractivity contribution in [3.63, 3.8) is 0 Å². The fraction of sp³-hybridized carbons (Fsp3) is 0.552. The van der Waals surface area contributed by atoms with E-state index in [-0.39, 0.29) is 23.9 Å². The second kappa shape index (κ2) is 14.5. The quantitative estimate of drug-likeness (QED) is 0.240. The van der Waals surface area contributed by atoms with Gasteiger partial charge in [0, 0.05) is 10.8 Å². The number of benzene rings is 2. The number of carbonyl (C=O) groups is 1. The molecule has 2 aromatic rings. The molecule has 0 radical (unpaired) electrons. The Balaban J connectivity index is 1.56. The topological polar surface area (TPSA) is 57.5 Å². The van der Waals surface area contributed by atoms with Gasteiger partial charge in [0.05, 0.1) is 13.0 Å². The van der Waals surface area contributed by atoms with Gasteiger partial charge in [0.2, 0.25) is 0 Å². The molecule has 0 heterocycles. The molecule has 2 aromatic carbocycles. The van der Waals surface area contributed by atoms with Crippen LogP contribution in [0, 0.1) is 0 Å². The van der Waals surface area contributed by atoms with E-state index in [1.54, 1.807) is 0 Å². The van der Waals surface area contributed by atoms with Crippen molar-refractivity contribution in [2.75, 3.05) is 18.1 Å². The molecule has 0 fully saturated rings. The van der Waals surface area contributed by atoms with E-state index in [2.05, 4.69) is 38.1 Å². The molecule has 0 aliphatic rings. The minimum Gasteiger partial charge on any atom is -0.481 e. The van der Waals surface area contributed by atoms with Gasteiger partial charge in [-0.3, -0.25) is 4.79 Å². The molecule has 0 aliphatic heterocycles. The zero-order valence-corrected chi connectivity index (χ0v) is 21.3. The number of unbranched alkanes of at least 4 members (excludes halogenated alkanes) is 4. The average Bonchev–Trinajstić information content (AvgIpc) is 2.83. The zero-order chi connectivity index (χ0) is 24.0. The number of aliphatic hydroxyl groups is 1. The van der Waals surface area contributed by atoms with Crippen LogP contribution in [0.4, 0.5) is 0 Å². The lowest BCUT2D eigenvalue weighted by Crippen LogP contribution is -2.26. The molecular formula is C29H42O3S. The van der Waals surface area contributed by atoms with Crippen molar-refractivity contribution in [3.8, 4) is 0 Å². The maximum atomic E-state index is 11.4. The summed E-state index contributed by atoms with van der Waals surface area (Å²) in [7, 11) is 0. The number of hydrogen-bond acceptors (Lipinski definition) is 3. The van der Waals surface area contributed by atoms with Gasteiger partial charge in [0.15, 0.2) is 0 Å². The van der Waals surface area contributed by atoms with Crippen LogP contribution in [0.5, 0.6) is 0 Å². The molecule has 2 unspecified atom stereocenters. The van der Waals surface area contributed by atoms with Gasteiger partial charge in [-0.1, -0.05) is 100 Å². The minimum absolute atomic E-state index is 0.136. The van der Waals surface area contributed by atoms with E-state index in [1.807, 2.05) is 48.2 Å². The molecule has 33 heavy (non-hydrogen) atoms. The van der Waals surface area contributed by atoms with Crippen molar-refractivity contribution in [2.24, 2.45) is 0 Å². The molecule has 2 rings (SSSR count). The van der Waals surface area contributed by atoms with Gasteiger partial charge >= 0.3 is 5.97 Å². The van der Waals surface area contributed by atoms with Crippen molar-refractivity contribution < 1.29 is 15.0 Å². The van der Waals surface area contributed by atoms with Crippen LogP contribution >= 0.6 is 11.8 Å². The average molecular weight is 471 g/mol. The summed E-state index contributed by atoms with van der Waals surface area (Å²) < 4.78 is 0. The number of hydrogen-bond donors (Lipinski definition) is 2. The molecule has 0 aromatic heterocycles. The lowest BCUT2D eigenvalue weighted by atomic mass is 9.75. The Morgan fingerprint density at radius 2 is 1.18 bits per heavy atom. The predicted molar refractivity (Wildman–Crippen MR) is 141 cm³/mol. The van der Waals surface area contributed by atoms with Gasteiger partial charge < -0.3 is 10.2 Å². The number of aliphatic hydroxyl groups excluding tert-OH is 1. The Morgan fingerprint density at radius 3 is 1.64 bits per heavy atom. The largest absolute Gasteiger partial charge is 0.481 e. The SMILES string of the molecule is CC(CO)(CCCCCSCCCCCC(C)(CC(=O)O)c1ccccc1)c1ccccc1. The van der Waals surface area contributed by atoms with Crippen LogP contribution < -0.4 is 0 Å². The smallest absolute Gasteiger partial charge is 0.304 e. The molecule has 2 atom stereocenters. The van der Waals surface area contributed by atoms with Crippen LogP contribution in [-0.4, -0.2) is 34.3 Å². The Morgan fingerprint density at radius 1 is 0.727 bits per heavy atom. The van der Waals surface area contributed by atoms with Gasteiger partial charge in [-0.25, -0.2) is 0 Å². The Kier molecular flexibility index (Phi) is 12.0. The third kappa shape index (κ3) is 9.54. The van der Waals surface area contributed by atoms with Crippen LogP contribution in [0.2, 0.25) is 0 Å². The Bertz CT molecular complexity index is 795. The van der Waals surface area contributed by atoms with Gasteiger partial charge in [0.1, 0.15) is 0 Å². The molecule has 4 heteroatoms. The standard InChI is InChI=1S/C29H42O3S/c1-28(23-27(31)32,25-15-7-3-8-16-25)19-11-5-13-21-33-22-14-6-12-20-29(2,24-30)26-17-9-4-10-18-26/h3-4,7-10,15-18,30H,5-6,11-14,19-24H2,1-2H3,(H,31,32). The fourth-order valence-electron chi connectivity index (χ4n) is 4.56. The third-order valence-corrected chi connectivity index (χ3v) is 8.02. The highest BCUT2D eigenvalue weighted by Crippen LogP contribution is 2.33. The third-order valence-electron chi connectivity index (χ3n) is 6.87. The Labute approximate surface area is 205 Å². The van der Waals surface area contributed by atoms with Gasteiger partial charge in [-0.2, -0.15) is 11.8 Å². The molecule has 3 nitrogen and oxygen atoms in total. The first-order valence-electron chi connectivity index (χ1n) is 12.4. The maximum absolute atomic E-state index is 11.4. The molecule has 182 valence electrons. The first-order chi connectivity index (χ1) is 15.9. The molecule has 0 aliphatic carbocycles. The molecule has 2 N–H and O–H groups in total. The first-order valence-corrected chi connectivity index (χ1v) is 13.6. The summed E-state index contributed by atoms with van der Waals surface area (Å²) in [4.78, 5) is 11.4. The van der Waals surface area contributed by atoms with Crippen LogP contribution in [-0.2, 0) is 15.6 Å². The normalized spacial score (nSPS) is 15.0. The van der Waals surface area contributed by atoms with Crippen molar-refractivity contribution >= 4 is 17.7 Å². The van der Waals surface area contributed by atoms with Crippen LogP contribution in [0.1, 0.15) is 82.8 Å². The summed E-state index contributed by atoms with van der Waals surface area (Å²) in [5.41, 5.74) is 1.94. The number of thioether (sulfide) groups is 1. The number of rotatable bonds is 17. The van der Waals surface area contributed by atoms with E-state index in [0.717, 1.165) is 37.7 Å². The summed E-state index contributed by atoms with van der Waals surface area (Å²) in [5.74, 6) is 1.65. The highest BCUT2D eigenvalue weighted by atomic mass is 32.2. The lowest BCUT2D eigenvalue weighted by Gasteiger charge is -2.28. The van der Waals surface area contributed by atoms with Gasteiger partial charge in [-0.15, -0.1) is 0 Å². The number of aliphatic carboxylic acids is 1. The number of carboxylic acid groups (broad SMARTS) is 1. The van der Waals surface area contributed by atoms with Crippen LogP contribution in [0.3, 0.4) is 0 Å². The van der Waals surface area contributed by atoms with E-state index >= 15 is 0 Å². The van der Waals surface area contributed by atoms with E-state index in [9.17, 15) is 15.0 Å².